The van der Waals surface area contributed by atoms with Crippen LogP contribution in [0, 0.1) is 0 Å². The molecule has 1 aliphatic heterocycles. The van der Waals surface area contributed by atoms with E-state index >= 15 is 0 Å². The molecule has 3 aromatic rings. The first-order valence-corrected chi connectivity index (χ1v) is 13.9. The number of nitrogens with zero attached hydrogens (tertiary/aromatic N) is 4. The monoisotopic (exact) mass is 529 g/mol. The fourth-order valence-corrected chi connectivity index (χ4v) is 4.36. The maximum Gasteiger partial charge on any atom is 0.249 e. The second-order valence-electron chi connectivity index (χ2n) is 10.2. The molecule has 5 rings (SSSR count). The highest BCUT2D eigenvalue weighted by Gasteiger charge is 2.26. The molecule has 2 aliphatic rings. The Hall–Kier alpha value is -3.85. The first kappa shape index (κ1) is 28.2. The predicted octanol–water partition coefficient (Wildman–Crippen LogP) is 5.49. The lowest BCUT2D eigenvalue weighted by atomic mass is 9.97. The summed E-state index contributed by atoms with van der Waals surface area (Å²) in [4.78, 5) is 36.3. The average molecular weight is 530 g/mol. The highest BCUT2D eigenvalue weighted by atomic mass is 16.2. The van der Waals surface area contributed by atoms with Gasteiger partial charge in [-0.1, -0.05) is 44.5 Å². The molecule has 1 saturated carbocycles. The second kappa shape index (κ2) is 13.8. The number of aromatic nitrogens is 4. The summed E-state index contributed by atoms with van der Waals surface area (Å²) in [5.41, 5.74) is 3.36. The molecular formula is C30H39N7O2. The molecule has 9 nitrogen and oxygen atoms in total. The van der Waals surface area contributed by atoms with Crippen LogP contribution in [0.25, 0.3) is 11.3 Å². The van der Waals surface area contributed by atoms with Crippen LogP contribution in [0.1, 0.15) is 76.0 Å². The Labute approximate surface area is 230 Å². The molecule has 1 unspecified atom stereocenters. The number of aromatic amines is 1. The Kier molecular flexibility index (Phi) is 9.97. The molecule has 1 aliphatic carbocycles. The van der Waals surface area contributed by atoms with Crippen molar-refractivity contribution >= 4 is 23.5 Å². The zero-order valence-electron chi connectivity index (χ0n) is 23.1. The zero-order chi connectivity index (χ0) is 27.6. The van der Waals surface area contributed by atoms with Crippen molar-refractivity contribution in [3.05, 3.63) is 66.1 Å². The van der Waals surface area contributed by atoms with Crippen molar-refractivity contribution in [2.75, 3.05) is 30.3 Å². The molecule has 0 spiro atoms. The smallest absolute Gasteiger partial charge is 0.249 e. The number of likely N-dealkylation sites (tertiary alicyclic amines) is 1. The van der Waals surface area contributed by atoms with Gasteiger partial charge in [-0.2, -0.15) is 5.10 Å². The first-order chi connectivity index (χ1) is 19.0. The summed E-state index contributed by atoms with van der Waals surface area (Å²) in [7, 11) is 0. The van der Waals surface area contributed by atoms with Gasteiger partial charge >= 0.3 is 0 Å². The number of hydrogen-bond donors (Lipinski definition) is 3. The summed E-state index contributed by atoms with van der Waals surface area (Å²) in [6.07, 6.45) is 12.6. The summed E-state index contributed by atoms with van der Waals surface area (Å²) in [5.74, 6) is 0.724. The lowest BCUT2D eigenvalue weighted by Gasteiger charge is -2.13. The van der Waals surface area contributed by atoms with Crippen LogP contribution in [0.3, 0.4) is 0 Å². The quantitative estimate of drug-likeness (QED) is 0.316. The molecule has 1 atom stereocenters. The molecule has 206 valence electrons. The van der Waals surface area contributed by atoms with E-state index < -0.39 is 0 Å². The van der Waals surface area contributed by atoms with Crippen molar-refractivity contribution in [2.24, 2.45) is 0 Å². The maximum atomic E-state index is 12.9. The summed E-state index contributed by atoms with van der Waals surface area (Å²) in [6, 6.07) is 9.56. The molecule has 2 fully saturated rings. The molecule has 3 N–H and O–H groups in total. The number of hydrogen-bond acceptors (Lipinski definition) is 6. The number of carbonyl (C=O) groups is 2. The van der Waals surface area contributed by atoms with Crippen LogP contribution in [0.5, 0.6) is 0 Å². The lowest BCUT2D eigenvalue weighted by Crippen LogP contribution is -2.19. The first-order valence-electron chi connectivity index (χ1n) is 13.9. The molecule has 39 heavy (non-hydrogen) atoms. The third-order valence-corrected chi connectivity index (χ3v) is 6.66. The number of benzene rings is 1. The van der Waals surface area contributed by atoms with Gasteiger partial charge in [-0.25, -0.2) is 4.98 Å². The van der Waals surface area contributed by atoms with Gasteiger partial charge in [-0.15, -0.1) is 0 Å². The van der Waals surface area contributed by atoms with E-state index in [0.29, 0.717) is 23.2 Å². The number of carbonyl (C=O) groups excluding carboxylic acids is 2. The van der Waals surface area contributed by atoms with Crippen LogP contribution in [-0.4, -0.2) is 56.5 Å². The minimum Gasteiger partial charge on any atom is -0.309 e. The predicted molar refractivity (Wildman–Crippen MR) is 154 cm³/mol. The van der Waals surface area contributed by atoms with E-state index in [9.17, 15) is 9.59 Å². The average Bonchev–Trinajstić information content (AvgIpc) is 3.45. The van der Waals surface area contributed by atoms with Crippen LogP contribution in [0.15, 0.2) is 54.9 Å². The third kappa shape index (κ3) is 8.32. The van der Waals surface area contributed by atoms with Crippen molar-refractivity contribution < 1.29 is 9.59 Å². The maximum absolute atomic E-state index is 12.9. The zero-order valence-corrected chi connectivity index (χ0v) is 23.1. The van der Waals surface area contributed by atoms with Gasteiger partial charge in [-0.05, 0) is 57.3 Å². The molecule has 3 heterocycles. The molecule has 2 aromatic heterocycles. The molecule has 1 aromatic carbocycles. The van der Waals surface area contributed by atoms with Crippen LogP contribution in [0.2, 0.25) is 0 Å². The van der Waals surface area contributed by atoms with Gasteiger partial charge in [0.05, 0.1) is 24.0 Å². The second-order valence-corrected chi connectivity index (χ2v) is 10.2. The lowest BCUT2D eigenvalue weighted by molar-refractivity contribution is -0.117. The largest absolute Gasteiger partial charge is 0.309 e. The highest BCUT2D eigenvalue weighted by Crippen LogP contribution is 2.39. The number of anilines is 2. The van der Waals surface area contributed by atoms with Crippen LogP contribution in [0.4, 0.5) is 11.6 Å². The van der Waals surface area contributed by atoms with Crippen LogP contribution in [-0.2, 0) is 9.59 Å². The van der Waals surface area contributed by atoms with Gasteiger partial charge in [0.15, 0.2) is 11.6 Å². The number of nitrogens with one attached hydrogen (secondary N) is 3. The summed E-state index contributed by atoms with van der Waals surface area (Å²) in [5, 5.41) is 12.9. The standard InChI is InChI=1S/C27H31N7O2.C3H8/c1-18(27(36)31-24-15-22(32-33-24)19-9-10-19)20-6-4-7-21(14-20)23-16-28-17-25(29-23)30-26(35)8-5-13-34-11-2-3-12-34;1-3-2/h4-8,14-19H,2-3,9-13H2,1H3,(H,29,30,35)(H2,31,32,33,36);3H2,1-2H3/b8-5+;. The van der Waals surface area contributed by atoms with E-state index in [1.54, 1.807) is 12.3 Å². The molecule has 9 heteroatoms. The minimum atomic E-state index is -0.386. The number of amides is 2. The van der Waals surface area contributed by atoms with Crippen molar-refractivity contribution in [2.45, 2.75) is 64.7 Å². The van der Waals surface area contributed by atoms with E-state index in [1.807, 2.05) is 43.3 Å². The fraction of sp³-hybridized carbons (Fsp3) is 0.433. The van der Waals surface area contributed by atoms with Crippen LogP contribution < -0.4 is 10.6 Å². The Morgan fingerprint density at radius 3 is 2.62 bits per heavy atom. The summed E-state index contributed by atoms with van der Waals surface area (Å²) < 4.78 is 0. The molecule has 2 amide bonds. The molecule has 1 saturated heterocycles. The van der Waals surface area contributed by atoms with Crippen LogP contribution >= 0.6 is 0 Å². The topological polar surface area (TPSA) is 116 Å². The van der Waals surface area contributed by atoms with Crippen molar-refractivity contribution in [3.63, 3.8) is 0 Å². The van der Waals surface area contributed by atoms with Crippen molar-refractivity contribution in [1.82, 2.24) is 25.1 Å². The van der Waals surface area contributed by atoms with Gasteiger partial charge in [0.25, 0.3) is 0 Å². The number of H-pyrrole nitrogens is 1. The third-order valence-electron chi connectivity index (χ3n) is 6.66. The minimum absolute atomic E-state index is 0.131. The Bertz CT molecular complexity index is 1280. The van der Waals surface area contributed by atoms with Gasteiger partial charge in [-0.3, -0.25) is 24.6 Å². The van der Waals surface area contributed by atoms with Gasteiger partial charge in [0.2, 0.25) is 11.8 Å². The van der Waals surface area contributed by atoms with E-state index in [4.69, 9.17) is 0 Å². The van der Waals surface area contributed by atoms with E-state index in [1.165, 1.54) is 38.3 Å². The fourth-order valence-electron chi connectivity index (χ4n) is 4.36. The Morgan fingerprint density at radius 2 is 1.87 bits per heavy atom. The van der Waals surface area contributed by atoms with Crippen molar-refractivity contribution in [3.8, 4) is 11.3 Å². The van der Waals surface area contributed by atoms with Crippen molar-refractivity contribution in [1.29, 1.82) is 0 Å². The molecule has 0 radical (unpaired) electrons. The van der Waals surface area contributed by atoms with E-state index in [-0.39, 0.29) is 17.7 Å². The summed E-state index contributed by atoms with van der Waals surface area (Å²) >= 11 is 0. The molecule has 0 bridgehead atoms. The van der Waals surface area contributed by atoms with Gasteiger partial charge in [0, 0.05) is 35.9 Å². The molecular weight excluding hydrogens is 490 g/mol. The SMILES string of the molecule is CC(C(=O)Nc1cc(C2CC2)[nH]n1)c1cccc(-c2cncc(NC(=O)/C=C/CN3CCCC3)n2)c1.CCC. The van der Waals surface area contributed by atoms with E-state index in [2.05, 4.69) is 49.5 Å². The Morgan fingerprint density at radius 1 is 1.10 bits per heavy atom. The van der Waals surface area contributed by atoms with E-state index in [0.717, 1.165) is 36.5 Å². The number of rotatable bonds is 9. The normalized spacial score (nSPS) is 16.0. The Balaban J connectivity index is 0.00000112. The summed E-state index contributed by atoms with van der Waals surface area (Å²) in [6.45, 7) is 9.06. The van der Waals surface area contributed by atoms with Gasteiger partial charge in [0.1, 0.15) is 0 Å². The van der Waals surface area contributed by atoms with Gasteiger partial charge < -0.3 is 10.6 Å². The highest BCUT2D eigenvalue weighted by molar-refractivity contribution is 5.98.